The van der Waals surface area contributed by atoms with Crippen molar-refractivity contribution in [2.75, 3.05) is 6.61 Å². The Kier molecular flexibility index (Phi) is 5.53. The Bertz CT molecular complexity index is 453. The predicted octanol–water partition coefficient (Wildman–Crippen LogP) is 2.66. The van der Waals surface area contributed by atoms with Gasteiger partial charge in [-0.25, -0.2) is 0 Å². The first kappa shape index (κ1) is 16.2. The van der Waals surface area contributed by atoms with Crippen molar-refractivity contribution in [3.8, 4) is 0 Å². The normalized spacial score (nSPS) is 26.3. The SMILES string of the molecule is C[C@H](O)/C=C/[C@@H]1OC(C)(C)O[C@H]1COCc1ccccc1. The molecule has 4 nitrogen and oxygen atoms in total. The van der Waals surface area contributed by atoms with E-state index < -0.39 is 11.9 Å². The van der Waals surface area contributed by atoms with E-state index in [9.17, 15) is 5.11 Å². The Labute approximate surface area is 126 Å². The van der Waals surface area contributed by atoms with E-state index in [-0.39, 0.29) is 12.2 Å². The highest BCUT2D eigenvalue weighted by Crippen LogP contribution is 2.29. The van der Waals surface area contributed by atoms with Gasteiger partial charge in [-0.3, -0.25) is 0 Å². The van der Waals surface area contributed by atoms with E-state index in [2.05, 4.69) is 0 Å². The molecule has 1 aliphatic heterocycles. The molecule has 0 radical (unpaired) electrons. The van der Waals surface area contributed by atoms with Gasteiger partial charge in [-0.1, -0.05) is 42.5 Å². The average Bonchev–Trinajstić information content (AvgIpc) is 2.72. The number of benzene rings is 1. The van der Waals surface area contributed by atoms with Crippen LogP contribution >= 0.6 is 0 Å². The van der Waals surface area contributed by atoms with E-state index in [4.69, 9.17) is 14.2 Å². The minimum Gasteiger partial charge on any atom is -0.389 e. The molecule has 0 saturated carbocycles. The molecular weight excluding hydrogens is 268 g/mol. The number of hydrogen-bond acceptors (Lipinski definition) is 4. The molecule has 0 spiro atoms. The number of aliphatic hydroxyl groups excluding tert-OH is 1. The van der Waals surface area contributed by atoms with Crippen molar-refractivity contribution >= 4 is 0 Å². The first-order chi connectivity index (χ1) is 9.96. The number of hydrogen-bond donors (Lipinski definition) is 1. The second kappa shape index (κ2) is 7.18. The van der Waals surface area contributed by atoms with Gasteiger partial charge in [-0.2, -0.15) is 0 Å². The minimum atomic E-state index is -0.630. The van der Waals surface area contributed by atoms with Crippen molar-refractivity contribution in [2.24, 2.45) is 0 Å². The van der Waals surface area contributed by atoms with Gasteiger partial charge < -0.3 is 19.3 Å². The molecule has 0 bridgehead atoms. The molecular formula is C17H24O4. The fourth-order valence-corrected chi connectivity index (χ4v) is 2.29. The maximum atomic E-state index is 9.34. The molecule has 2 rings (SSSR count). The summed E-state index contributed by atoms with van der Waals surface area (Å²) >= 11 is 0. The quantitative estimate of drug-likeness (QED) is 0.819. The van der Waals surface area contributed by atoms with Crippen molar-refractivity contribution in [3.63, 3.8) is 0 Å². The van der Waals surface area contributed by atoms with E-state index in [0.717, 1.165) is 5.56 Å². The van der Waals surface area contributed by atoms with Gasteiger partial charge >= 0.3 is 0 Å². The van der Waals surface area contributed by atoms with Crippen LogP contribution in [0.1, 0.15) is 26.3 Å². The molecule has 1 heterocycles. The van der Waals surface area contributed by atoms with Crippen LogP contribution in [0.25, 0.3) is 0 Å². The van der Waals surface area contributed by atoms with Crippen LogP contribution in [0.15, 0.2) is 42.5 Å². The van der Waals surface area contributed by atoms with E-state index in [1.807, 2.05) is 50.3 Å². The standard InChI is InChI=1S/C17H24O4/c1-13(18)9-10-15-16(21-17(2,3)20-15)12-19-11-14-7-5-4-6-8-14/h4-10,13,15-16,18H,11-12H2,1-3H3/b10-9+/t13-,15-,16-/m0/s1. The van der Waals surface area contributed by atoms with Gasteiger partial charge in [-0.15, -0.1) is 0 Å². The lowest BCUT2D eigenvalue weighted by Crippen LogP contribution is -2.26. The van der Waals surface area contributed by atoms with Crippen LogP contribution in [-0.4, -0.2) is 35.8 Å². The summed E-state index contributed by atoms with van der Waals surface area (Å²) in [4.78, 5) is 0. The van der Waals surface area contributed by atoms with Crippen molar-refractivity contribution in [2.45, 2.75) is 51.5 Å². The summed E-state index contributed by atoms with van der Waals surface area (Å²) in [5.74, 6) is -0.630. The van der Waals surface area contributed by atoms with Gasteiger partial charge in [0.15, 0.2) is 5.79 Å². The number of aliphatic hydroxyl groups is 1. The van der Waals surface area contributed by atoms with Crippen molar-refractivity contribution in [1.82, 2.24) is 0 Å². The molecule has 0 unspecified atom stereocenters. The van der Waals surface area contributed by atoms with E-state index in [1.54, 1.807) is 13.0 Å². The average molecular weight is 292 g/mol. The first-order valence-corrected chi connectivity index (χ1v) is 7.30. The highest BCUT2D eigenvalue weighted by Gasteiger charge is 2.39. The Morgan fingerprint density at radius 1 is 1.29 bits per heavy atom. The second-order valence-electron chi connectivity index (χ2n) is 5.76. The highest BCUT2D eigenvalue weighted by molar-refractivity contribution is 5.13. The minimum absolute atomic E-state index is 0.168. The van der Waals surface area contributed by atoms with E-state index in [1.165, 1.54) is 0 Å². The largest absolute Gasteiger partial charge is 0.389 e. The fourth-order valence-electron chi connectivity index (χ4n) is 2.29. The molecule has 21 heavy (non-hydrogen) atoms. The Morgan fingerprint density at radius 2 is 2.00 bits per heavy atom. The maximum absolute atomic E-state index is 9.34. The molecule has 1 aromatic rings. The summed E-state index contributed by atoms with van der Waals surface area (Å²) in [5.41, 5.74) is 1.13. The van der Waals surface area contributed by atoms with Gasteiger partial charge in [0.2, 0.25) is 0 Å². The zero-order valence-corrected chi connectivity index (χ0v) is 12.9. The van der Waals surface area contributed by atoms with Crippen LogP contribution in [0.4, 0.5) is 0 Å². The molecule has 0 amide bonds. The Hall–Kier alpha value is -1.20. The molecule has 1 aromatic carbocycles. The van der Waals surface area contributed by atoms with Gasteiger partial charge in [0.25, 0.3) is 0 Å². The zero-order chi connectivity index (χ0) is 15.3. The van der Waals surface area contributed by atoms with Crippen LogP contribution < -0.4 is 0 Å². The lowest BCUT2D eigenvalue weighted by molar-refractivity contribution is -0.148. The summed E-state index contributed by atoms with van der Waals surface area (Å²) < 4.78 is 17.4. The van der Waals surface area contributed by atoms with Crippen LogP contribution in [0.2, 0.25) is 0 Å². The smallest absolute Gasteiger partial charge is 0.164 e. The van der Waals surface area contributed by atoms with Crippen LogP contribution in [-0.2, 0) is 20.8 Å². The molecule has 116 valence electrons. The molecule has 4 heteroatoms. The lowest BCUT2D eigenvalue weighted by atomic mass is 10.2. The fraction of sp³-hybridized carbons (Fsp3) is 0.529. The van der Waals surface area contributed by atoms with Crippen molar-refractivity contribution in [1.29, 1.82) is 0 Å². The van der Waals surface area contributed by atoms with Gasteiger partial charge in [0.1, 0.15) is 12.2 Å². The van der Waals surface area contributed by atoms with Crippen molar-refractivity contribution < 1.29 is 19.3 Å². The molecule has 0 aliphatic carbocycles. The Balaban J connectivity index is 1.87. The zero-order valence-electron chi connectivity index (χ0n) is 12.9. The topological polar surface area (TPSA) is 47.9 Å². The van der Waals surface area contributed by atoms with Gasteiger partial charge in [-0.05, 0) is 26.3 Å². The second-order valence-corrected chi connectivity index (χ2v) is 5.76. The van der Waals surface area contributed by atoms with Crippen LogP contribution in [0.5, 0.6) is 0 Å². The lowest BCUT2D eigenvalue weighted by Gasteiger charge is -2.16. The van der Waals surface area contributed by atoms with Crippen molar-refractivity contribution in [3.05, 3.63) is 48.0 Å². The van der Waals surface area contributed by atoms with Crippen LogP contribution in [0, 0.1) is 0 Å². The maximum Gasteiger partial charge on any atom is 0.164 e. The molecule has 1 saturated heterocycles. The molecule has 1 N–H and O–H groups in total. The summed E-state index contributed by atoms with van der Waals surface area (Å²) in [7, 11) is 0. The predicted molar refractivity (Wildman–Crippen MR) is 80.7 cm³/mol. The van der Waals surface area contributed by atoms with Crippen LogP contribution in [0.3, 0.4) is 0 Å². The summed E-state index contributed by atoms with van der Waals surface area (Å²) in [5, 5.41) is 9.34. The van der Waals surface area contributed by atoms with Gasteiger partial charge in [0.05, 0.1) is 19.3 Å². The third-order valence-corrected chi connectivity index (χ3v) is 3.19. The highest BCUT2D eigenvalue weighted by atomic mass is 16.8. The third kappa shape index (κ3) is 5.25. The molecule has 0 aromatic heterocycles. The summed E-state index contributed by atoms with van der Waals surface area (Å²) in [6.07, 6.45) is 2.68. The molecule has 1 aliphatic rings. The molecule has 1 fully saturated rings. The van der Waals surface area contributed by atoms with E-state index >= 15 is 0 Å². The third-order valence-electron chi connectivity index (χ3n) is 3.19. The summed E-state index contributed by atoms with van der Waals surface area (Å²) in [6, 6.07) is 10.0. The Morgan fingerprint density at radius 3 is 2.67 bits per heavy atom. The number of rotatable bonds is 6. The monoisotopic (exact) mass is 292 g/mol. The number of ether oxygens (including phenoxy) is 3. The first-order valence-electron chi connectivity index (χ1n) is 7.30. The van der Waals surface area contributed by atoms with E-state index in [0.29, 0.717) is 13.2 Å². The molecule has 3 atom stereocenters. The van der Waals surface area contributed by atoms with Gasteiger partial charge in [0, 0.05) is 0 Å². The summed E-state index contributed by atoms with van der Waals surface area (Å²) in [6.45, 7) is 6.47.